The quantitative estimate of drug-likeness (QED) is 0.455. The van der Waals surface area contributed by atoms with Crippen molar-refractivity contribution in [3.05, 3.63) is 42.5 Å². The number of hydrogen-bond donors (Lipinski definition) is 0. The van der Waals surface area contributed by atoms with Crippen molar-refractivity contribution in [3.8, 4) is 5.75 Å². The molecule has 0 atom stereocenters. The van der Waals surface area contributed by atoms with Gasteiger partial charge in [-0.15, -0.1) is 0 Å². The van der Waals surface area contributed by atoms with E-state index >= 15 is 0 Å². The maximum Gasteiger partial charge on any atom is 0.283 e. The highest BCUT2D eigenvalue weighted by Gasteiger charge is 2.39. The molecule has 0 radical (unpaired) electrons. The summed E-state index contributed by atoms with van der Waals surface area (Å²) in [7, 11) is 0.932. The number of nitrogens with zero attached hydrogens (tertiary/aromatic N) is 3. The Balaban J connectivity index is 0.000000214. The maximum absolute atomic E-state index is 11.1. The average Bonchev–Trinajstić information content (AvgIpc) is 3.10. The Morgan fingerprint density at radius 1 is 0.875 bits per heavy atom. The molecule has 0 spiro atoms. The van der Waals surface area contributed by atoms with Gasteiger partial charge in [0.25, 0.3) is 17.1 Å². The standard InChI is InChI=1S/C7H13S.C6H3N3O7/c1-3-7-4-2-6-8(7)5-1;10-6-4(8(13)14)1-3(7(11)12)2-5(6)9(15)16/h7H,1-6H2;1-2,10H/q+1;/p-1. The van der Waals surface area contributed by atoms with E-state index in [1.54, 1.807) is 37.2 Å². The molecule has 0 unspecified atom stereocenters. The molecule has 0 aromatic heterocycles. The second kappa shape index (κ2) is 7.43. The zero-order valence-corrected chi connectivity index (χ0v) is 13.4. The first-order valence-electron chi connectivity index (χ1n) is 7.25. The van der Waals surface area contributed by atoms with Gasteiger partial charge in [-0.05, 0) is 36.6 Å². The predicted octanol–water partition coefficient (Wildman–Crippen LogP) is 2.05. The van der Waals surface area contributed by atoms with Crippen molar-refractivity contribution in [2.75, 3.05) is 11.5 Å². The molecular formula is C13H15N3O7S. The van der Waals surface area contributed by atoms with Gasteiger partial charge in [-0.1, -0.05) is 0 Å². The fraction of sp³-hybridized carbons (Fsp3) is 0.538. The minimum atomic E-state index is -1.46. The Morgan fingerprint density at radius 3 is 1.67 bits per heavy atom. The van der Waals surface area contributed by atoms with Crippen LogP contribution in [0.5, 0.6) is 5.75 Å². The lowest BCUT2D eigenvalue weighted by molar-refractivity contribution is -0.420. The second-order valence-corrected chi connectivity index (χ2v) is 7.99. The van der Waals surface area contributed by atoms with Crippen LogP contribution in [0.4, 0.5) is 17.1 Å². The van der Waals surface area contributed by atoms with E-state index < -0.39 is 37.6 Å². The van der Waals surface area contributed by atoms with Gasteiger partial charge in [0.05, 0.1) is 32.7 Å². The summed E-state index contributed by atoms with van der Waals surface area (Å²) in [5.74, 6) is 1.72. The highest BCUT2D eigenvalue weighted by molar-refractivity contribution is 7.97. The van der Waals surface area contributed by atoms with Crippen LogP contribution in [0.1, 0.15) is 25.7 Å². The van der Waals surface area contributed by atoms with E-state index in [2.05, 4.69) is 0 Å². The zero-order chi connectivity index (χ0) is 17.9. The molecule has 24 heavy (non-hydrogen) atoms. The third-order valence-electron chi connectivity index (χ3n) is 3.98. The minimum Gasteiger partial charge on any atom is -0.863 e. The first-order chi connectivity index (χ1) is 11.3. The smallest absolute Gasteiger partial charge is 0.283 e. The Hall–Kier alpha value is -2.43. The lowest BCUT2D eigenvalue weighted by Gasteiger charge is -2.06. The van der Waals surface area contributed by atoms with Crippen molar-refractivity contribution in [1.82, 2.24) is 0 Å². The monoisotopic (exact) mass is 357 g/mol. The first-order valence-corrected chi connectivity index (χ1v) is 8.88. The van der Waals surface area contributed by atoms with E-state index in [0.29, 0.717) is 12.1 Å². The van der Waals surface area contributed by atoms with Crippen molar-refractivity contribution in [3.63, 3.8) is 0 Å². The molecule has 2 saturated heterocycles. The van der Waals surface area contributed by atoms with Crippen LogP contribution in [0.3, 0.4) is 0 Å². The topological polar surface area (TPSA) is 152 Å². The van der Waals surface area contributed by atoms with Crippen LogP contribution < -0.4 is 5.11 Å². The van der Waals surface area contributed by atoms with E-state index in [1.807, 2.05) is 0 Å². The van der Waals surface area contributed by atoms with Crippen LogP contribution in [0.2, 0.25) is 0 Å². The highest BCUT2D eigenvalue weighted by Crippen LogP contribution is 2.37. The van der Waals surface area contributed by atoms with Crippen molar-refractivity contribution < 1.29 is 19.9 Å². The SMILES string of the molecule is C1CC2CCC[S+]2C1.O=[N+]([O-])c1cc([N+](=O)[O-])c([O-])c([N+](=O)[O-])c1. The summed E-state index contributed by atoms with van der Waals surface area (Å²) in [5.41, 5.74) is -3.26. The van der Waals surface area contributed by atoms with Crippen molar-refractivity contribution in [1.29, 1.82) is 0 Å². The third kappa shape index (κ3) is 3.91. The summed E-state index contributed by atoms with van der Waals surface area (Å²) in [6.45, 7) is 0. The predicted molar refractivity (Wildman–Crippen MR) is 85.2 cm³/mol. The number of non-ortho nitro benzene ring substituents is 1. The van der Waals surface area contributed by atoms with E-state index in [1.165, 1.54) is 5.25 Å². The van der Waals surface area contributed by atoms with Crippen LogP contribution in [0, 0.1) is 30.3 Å². The lowest BCUT2D eigenvalue weighted by Crippen LogP contribution is -2.09. The van der Waals surface area contributed by atoms with Crippen LogP contribution in [0.15, 0.2) is 12.1 Å². The van der Waals surface area contributed by atoms with E-state index in [4.69, 9.17) is 0 Å². The average molecular weight is 357 g/mol. The Labute approximate surface area is 139 Å². The normalized spacial score (nSPS) is 21.5. The van der Waals surface area contributed by atoms with Gasteiger partial charge in [0, 0.05) is 0 Å². The third-order valence-corrected chi connectivity index (χ3v) is 7.02. The van der Waals surface area contributed by atoms with Crippen LogP contribution in [-0.2, 0) is 10.9 Å². The first kappa shape index (κ1) is 17.9. The van der Waals surface area contributed by atoms with Crippen molar-refractivity contribution in [2.24, 2.45) is 0 Å². The minimum absolute atomic E-state index is 0.384. The Bertz CT molecular complexity index is 627. The highest BCUT2D eigenvalue weighted by atomic mass is 32.2. The fourth-order valence-corrected chi connectivity index (χ4v) is 5.81. The molecule has 130 valence electrons. The van der Waals surface area contributed by atoms with Gasteiger partial charge >= 0.3 is 0 Å². The molecule has 0 bridgehead atoms. The number of nitro benzene ring substituents is 3. The van der Waals surface area contributed by atoms with Gasteiger partial charge < -0.3 is 5.11 Å². The van der Waals surface area contributed by atoms with Crippen molar-refractivity contribution >= 4 is 28.0 Å². The van der Waals surface area contributed by atoms with Crippen LogP contribution in [0.25, 0.3) is 0 Å². The number of hydrogen-bond acceptors (Lipinski definition) is 7. The van der Waals surface area contributed by atoms with E-state index in [-0.39, 0.29) is 0 Å². The summed E-state index contributed by atoms with van der Waals surface area (Å²) in [6, 6.07) is 0.769. The van der Waals surface area contributed by atoms with Gasteiger partial charge in [-0.2, -0.15) is 0 Å². The second-order valence-electron chi connectivity index (χ2n) is 5.44. The molecule has 0 aliphatic carbocycles. The number of rotatable bonds is 3. The fourth-order valence-electron chi connectivity index (χ4n) is 2.87. The molecule has 10 nitrogen and oxygen atoms in total. The van der Waals surface area contributed by atoms with Crippen molar-refractivity contribution in [2.45, 2.75) is 30.9 Å². The molecule has 1 aromatic rings. The Kier molecular flexibility index (Phi) is 5.54. The molecule has 11 heteroatoms. The van der Waals surface area contributed by atoms with E-state index in [9.17, 15) is 35.4 Å². The zero-order valence-electron chi connectivity index (χ0n) is 12.6. The van der Waals surface area contributed by atoms with Gasteiger partial charge in [0.15, 0.2) is 0 Å². The summed E-state index contributed by atoms with van der Waals surface area (Å²) in [4.78, 5) is 27.5. The molecule has 1 aromatic carbocycles. The molecule has 2 aliphatic rings. The summed E-state index contributed by atoms with van der Waals surface area (Å²) < 4.78 is 0. The molecule has 3 rings (SSSR count). The molecule has 0 N–H and O–H groups in total. The van der Waals surface area contributed by atoms with Gasteiger partial charge in [0.2, 0.25) is 0 Å². The lowest BCUT2D eigenvalue weighted by atomic mass is 10.2. The van der Waals surface area contributed by atoms with Gasteiger partial charge in [0.1, 0.15) is 16.8 Å². The molecule has 0 amide bonds. The molecular weight excluding hydrogens is 342 g/mol. The largest absolute Gasteiger partial charge is 0.863 e. The van der Waals surface area contributed by atoms with Crippen LogP contribution in [-0.4, -0.2) is 31.5 Å². The maximum atomic E-state index is 11.1. The van der Waals surface area contributed by atoms with Gasteiger partial charge in [-0.25, -0.2) is 0 Å². The summed E-state index contributed by atoms with van der Waals surface area (Å²) in [5, 5.41) is 43.3. The summed E-state index contributed by atoms with van der Waals surface area (Å²) >= 11 is 0. The molecule has 0 saturated carbocycles. The van der Waals surface area contributed by atoms with Gasteiger partial charge in [-0.3, -0.25) is 30.3 Å². The van der Waals surface area contributed by atoms with Crippen LogP contribution >= 0.6 is 0 Å². The molecule has 2 aliphatic heterocycles. The molecule has 2 fully saturated rings. The summed E-state index contributed by atoms with van der Waals surface area (Å²) in [6.07, 6.45) is 6.24. The number of nitro groups is 3. The Morgan fingerprint density at radius 2 is 1.33 bits per heavy atom. The number of fused-ring (bicyclic) bond motifs is 1. The number of benzene rings is 1. The van der Waals surface area contributed by atoms with E-state index in [0.717, 1.165) is 10.9 Å². The molecule has 2 heterocycles.